The fraction of sp³-hybridized carbons (Fsp3) is 0.455. The van der Waals surface area contributed by atoms with Crippen LogP contribution in [0.3, 0.4) is 0 Å². The first kappa shape index (κ1) is 21.9. The molecule has 1 atom stereocenters. The highest BCUT2D eigenvalue weighted by molar-refractivity contribution is 5.77. The molecule has 0 saturated carbocycles. The van der Waals surface area contributed by atoms with Crippen molar-refractivity contribution in [2.75, 3.05) is 13.2 Å². The molecule has 8 heteroatoms. The molecule has 1 amide bonds. The van der Waals surface area contributed by atoms with Gasteiger partial charge in [-0.1, -0.05) is 0 Å². The minimum Gasteiger partial charge on any atom is -0.493 e. The monoisotopic (exact) mass is 422 g/mol. The molecular weight excluding hydrogens is 397 g/mol. The summed E-state index contributed by atoms with van der Waals surface area (Å²) in [6.45, 7) is 4.63. The molecule has 30 heavy (non-hydrogen) atoms. The predicted molar refractivity (Wildman–Crippen MR) is 107 cm³/mol. The molecule has 1 aromatic heterocycles. The number of pyridine rings is 1. The minimum absolute atomic E-state index is 0.0561. The van der Waals surface area contributed by atoms with E-state index in [1.54, 1.807) is 18.0 Å². The average Bonchev–Trinajstić information content (AvgIpc) is 2.68. The van der Waals surface area contributed by atoms with Crippen molar-refractivity contribution in [1.82, 2.24) is 9.47 Å². The Kier molecular flexibility index (Phi) is 6.24. The van der Waals surface area contributed by atoms with Crippen molar-refractivity contribution in [3.05, 3.63) is 52.4 Å². The van der Waals surface area contributed by atoms with Crippen LogP contribution in [0, 0.1) is 5.92 Å². The van der Waals surface area contributed by atoms with Crippen LogP contribution >= 0.6 is 0 Å². The number of benzene rings is 1. The summed E-state index contributed by atoms with van der Waals surface area (Å²) in [5, 5.41) is 0. The summed E-state index contributed by atoms with van der Waals surface area (Å²) < 4.78 is 47.4. The van der Waals surface area contributed by atoms with Crippen LogP contribution in [0.2, 0.25) is 0 Å². The van der Waals surface area contributed by atoms with E-state index in [0.717, 1.165) is 12.1 Å². The number of carbonyl (C=O) groups excluding carboxylic acids is 1. The van der Waals surface area contributed by atoms with E-state index in [1.165, 1.54) is 22.9 Å². The van der Waals surface area contributed by atoms with E-state index in [-0.39, 0.29) is 35.8 Å². The fourth-order valence-corrected chi connectivity index (χ4v) is 3.57. The molecule has 2 heterocycles. The Morgan fingerprint density at radius 3 is 2.50 bits per heavy atom. The van der Waals surface area contributed by atoms with Crippen molar-refractivity contribution in [3.63, 3.8) is 0 Å². The topological polar surface area (TPSA) is 51.5 Å². The van der Waals surface area contributed by atoms with Crippen LogP contribution in [-0.2, 0) is 18.0 Å². The van der Waals surface area contributed by atoms with Gasteiger partial charge in [-0.25, -0.2) is 0 Å². The van der Waals surface area contributed by atoms with Gasteiger partial charge < -0.3 is 14.2 Å². The molecule has 1 aliphatic rings. The van der Waals surface area contributed by atoms with Gasteiger partial charge in [-0.3, -0.25) is 9.59 Å². The van der Waals surface area contributed by atoms with E-state index in [4.69, 9.17) is 4.74 Å². The Morgan fingerprint density at radius 1 is 1.13 bits per heavy atom. The Morgan fingerprint density at radius 2 is 1.87 bits per heavy atom. The summed E-state index contributed by atoms with van der Waals surface area (Å²) in [5.74, 6) is 0.264. The van der Waals surface area contributed by atoms with Gasteiger partial charge in [0, 0.05) is 44.2 Å². The minimum atomic E-state index is -4.53. The van der Waals surface area contributed by atoms with Gasteiger partial charge in [-0.05, 0) is 55.7 Å². The Balaban J connectivity index is 1.84. The number of halogens is 3. The quantitative estimate of drug-likeness (QED) is 0.729. The summed E-state index contributed by atoms with van der Waals surface area (Å²) in [6, 6.07) is 6.46. The zero-order chi connectivity index (χ0) is 22.1. The number of amides is 1. The van der Waals surface area contributed by atoms with Gasteiger partial charge in [-0.2, -0.15) is 13.2 Å². The second-order valence-electron chi connectivity index (χ2n) is 7.97. The molecule has 1 fully saturated rings. The fourth-order valence-electron chi connectivity index (χ4n) is 3.57. The van der Waals surface area contributed by atoms with Crippen molar-refractivity contribution in [2.24, 2.45) is 13.0 Å². The number of aromatic nitrogens is 1. The van der Waals surface area contributed by atoms with Gasteiger partial charge in [0.2, 0.25) is 11.5 Å². The maximum atomic E-state index is 13.4. The number of carbonyl (C=O) groups is 1. The molecule has 1 aliphatic heterocycles. The first-order chi connectivity index (χ1) is 14.0. The van der Waals surface area contributed by atoms with Crippen LogP contribution < -0.4 is 10.3 Å². The van der Waals surface area contributed by atoms with Crippen LogP contribution in [0.25, 0.3) is 11.1 Å². The smallest absolute Gasteiger partial charge is 0.416 e. The lowest BCUT2D eigenvalue weighted by Gasteiger charge is -2.35. The SMILES string of the molecule is CC(C)N1CC(COc2cc(-c3ccc(=O)n(C)c3)cc(C(F)(F)F)c2)CCC1=O. The second kappa shape index (κ2) is 8.53. The zero-order valence-electron chi connectivity index (χ0n) is 17.2. The summed E-state index contributed by atoms with van der Waals surface area (Å²) in [7, 11) is 1.54. The van der Waals surface area contributed by atoms with Crippen LogP contribution in [0.15, 0.2) is 41.3 Å². The third-order valence-electron chi connectivity index (χ3n) is 5.30. The second-order valence-corrected chi connectivity index (χ2v) is 7.97. The van der Waals surface area contributed by atoms with Crippen LogP contribution in [0.5, 0.6) is 5.75 Å². The number of nitrogens with zero attached hydrogens (tertiary/aromatic N) is 2. The highest BCUT2D eigenvalue weighted by Crippen LogP contribution is 2.36. The highest BCUT2D eigenvalue weighted by Gasteiger charge is 2.32. The number of hydrogen-bond acceptors (Lipinski definition) is 3. The standard InChI is InChI=1S/C22H25F3N2O3/c1-14(2)27-11-15(4-6-21(27)29)13-30-19-9-17(8-18(10-19)22(23,24)25)16-5-7-20(28)26(3)12-16/h5,7-10,12,14-15H,4,6,11,13H2,1-3H3. The molecule has 0 aliphatic carbocycles. The van der Waals surface area contributed by atoms with Crippen LogP contribution in [0.4, 0.5) is 13.2 Å². The summed E-state index contributed by atoms with van der Waals surface area (Å²) in [6.07, 6.45) is -1.97. The van der Waals surface area contributed by atoms with Crippen LogP contribution in [0.1, 0.15) is 32.3 Å². The lowest BCUT2D eigenvalue weighted by molar-refractivity contribution is -0.138. The number of alkyl halides is 3. The molecule has 3 rings (SSSR count). The molecule has 0 radical (unpaired) electrons. The van der Waals surface area contributed by atoms with E-state index in [1.807, 2.05) is 13.8 Å². The maximum absolute atomic E-state index is 13.4. The number of piperidine rings is 1. The maximum Gasteiger partial charge on any atom is 0.416 e. The van der Waals surface area contributed by atoms with E-state index in [9.17, 15) is 22.8 Å². The highest BCUT2D eigenvalue weighted by atomic mass is 19.4. The Hall–Kier alpha value is -2.77. The number of aryl methyl sites for hydroxylation is 1. The number of rotatable bonds is 5. The third-order valence-corrected chi connectivity index (χ3v) is 5.30. The van der Waals surface area contributed by atoms with E-state index < -0.39 is 11.7 Å². The Bertz CT molecular complexity index is 982. The van der Waals surface area contributed by atoms with Gasteiger partial charge in [0.1, 0.15) is 5.75 Å². The van der Waals surface area contributed by atoms with Gasteiger partial charge >= 0.3 is 6.18 Å². The molecule has 1 unspecified atom stereocenters. The first-order valence-corrected chi connectivity index (χ1v) is 9.86. The largest absolute Gasteiger partial charge is 0.493 e. The average molecular weight is 422 g/mol. The summed E-state index contributed by atoms with van der Waals surface area (Å²) in [5.41, 5.74) is -0.254. The van der Waals surface area contributed by atoms with Gasteiger partial charge in [0.15, 0.2) is 0 Å². The number of hydrogen-bond donors (Lipinski definition) is 0. The molecule has 0 bridgehead atoms. The Labute approximate surface area is 173 Å². The van der Waals surface area contributed by atoms with Gasteiger partial charge in [-0.15, -0.1) is 0 Å². The predicted octanol–water partition coefficient (Wildman–Crippen LogP) is 4.10. The van der Waals surface area contributed by atoms with Crippen molar-refractivity contribution in [3.8, 4) is 16.9 Å². The molecule has 0 spiro atoms. The van der Waals surface area contributed by atoms with Crippen molar-refractivity contribution in [2.45, 2.75) is 38.9 Å². The summed E-state index contributed by atoms with van der Waals surface area (Å²) >= 11 is 0. The van der Waals surface area contributed by atoms with E-state index in [2.05, 4.69) is 0 Å². The number of likely N-dealkylation sites (tertiary alicyclic amines) is 1. The molecule has 2 aromatic rings. The molecule has 162 valence electrons. The van der Waals surface area contributed by atoms with Gasteiger partial charge in [0.25, 0.3) is 0 Å². The molecule has 1 saturated heterocycles. The van der Waals surface area contributed by atoms with Crippen molar-refractivity contribution >= 4 is 5.91 Å². The zero-order valence-corrected chi connectivity index (χ0v) is 17.2. The number of ether oxygens (including phenoxy) is 1. The lowest BCUT2D eigenvalue weighted by atomic mass is 9.97. The van der Waals surface area contributed by atoms with E-state index >= 15 is 0 Å². The molecular formula is C22H25F3N2O3. The first-order valence-electron chi connectivity index (χ1n) is 9.86. The molecule has 5 nitrogen and oxygen atoms in total. The molecule has 1 aromatic carbocycles. The van der Waals surface area contributed by atoms with E-state index in [0.29, 0.717) is 30.5 Å². The van der Waals surface area contributed by atoms with Crippen molar-refractivity contribution < 1.29 is 22.7 Å². The van der Waals surface area contributed by atoms with Gasteiger partial charge in [0.05, 0.1) is 12.2 Å². The normalized spacial score (nSPS) is 17.5. The third kappa shape index (κ3) is 5.04. The lowest BCUT2D eigenvalue weighted by Crippen LogP contribution is -2.45. The van der Waals surface area contributed by atoms with Crippen molar-refractivity contribution in [1.29, 1.82) is 0 Å². The summed E-state index contributed by atoms with van der Waals surface area (Å²) in [4.78, 5) is 25.4. The molecule has 0 N–H and O–H groups in total. The van der Waals surface area contributed by atoms with Crippen LogP contribution in [-0.4, -0.2) is 34.6 Å².